The Bertz CT molecular complexity index is 404. The van der Waals surface area contributed by atoms with Gasteiger partial charge in [-0.25, -0.2) is 0 Å². The van der Waals surface area contributed by atoms with Gasteiger partial charge in [0.1, 0.15) is 0 Å². The highest BCUT2D eigenvalue weighted by Gasteiger charge is 2.03. The molecule has 0 fully saturated rings. The molecule has 4 heteroatoms. The lowest BCUT2D eigenvalue weighted by atomic mass is 10.0. The maximum Gasteiger partial charge on any atom is 0.224 e. The van der Waals surface area contributed by atoms with Gasteiger partial charge in [-0.1, -0.05) is 18.2 Å². The molecular formula is C15H23NO3. The van der Waals surface area contributed by atoms with Gasteiger partial charge in [0.2, 0.25) is 5.91 Å². The number of carbonyl (C=O) groups excluding carboxylic acids is 1. The third kappa shape index (κ3) is 6.36. The summed E-state index contributed by atoms with van der Waals surface area (Å²) >= 11 is 0. The van der Waals surface area contributed by atoms with Gasteiger partial charge in [-0.2, -0.15) is 0 Å². The summed E-state index contributed by atoms with van der Waals surface area (Å²) in [6, 6.07) is 6.09. The Morgan fingerprint density at radius 2 is 2.05 bits per heavy atom. The van der Waals surface area contributed by atoms with Crippen molar-refractivity contribution in [1.82, 2.24) is 5.32 Å². The predicted octanol–water partition coefficient (Wildman–Crippen LogP) is 1.36. The maximum atomic E-state index is 11.7. The normalized spacial score (nSPS) is 10.5. The van der Waals surface area contributed by atoms with E-state index < -0.39 is 0 Å². The van der Waals surface area contributed by atoms with Gasteiger partial charge < -0.3 is 15.2 Å². The molecule has 0 aliphatic carbocycles. The third-order valence-electron chi connectivity index (χ3n) is 2.96. The molecule has 0 aliphatic rings. The van der Waals surface area contributed by atoms with Crippen molar-refractivity contribution in [2.45, 2.75) is 26.7 Å². The van der Waals surface area contributed by atoms with Crippen LogP contribution in [0.25, 0.3) is 0 Å². The number of amides is 1. The molecule has 0 atom stereocenters. The second kappa shape index (κ2) is 8.67. The lowest BCUT2D eigenvalue weighted by molar-refractivity contribution is -0.120. The molecule has 0 aromatic heterocycles. The Hall–Kier alpha value is -1.39. The van der Waals surface area contributed by atoms with Crippen molar-refractivity contribution in [1.29, 1.82) is 0 Å². The zero-order chi connectivity index (χ0) is 14.1. The minimum absolute atomic E-state index is 0.0328. The topological polar surface area (TPSA) is 58.6 Å². The summed E-state index contributed by atoms with van der Waals surface area (Å²) in [5.41, 5.74) is 3.49. The van der Waals surface area contributed by atoms with E-state index in [4.69, 9.17) is 9.84 Å². The molecule has 0 bridgehead atoms. The Labute approximate surface area is 114 Å². The highest BCUT2D eigenvalue weighted by Crippen LogP contribution is 2.10. The number of nitrogens with one attached hydrogen (secondary N) is 1. The van der Waals surface area contributed by atoms with E-state index in [1.54, 1.807) is 0 Å². The van der Waals surface area contributed by atoms with Gasteiger partial charge in [0.15, 0.2) is 0 Å². The Morgan fingerprint density at radius 3 is 2.74 bits per heavy atom. The molecule has 0 aliphatic heterocycles. The fourth-order valence-corrected chi connectivity index (χ4v) is 1.73. The van der Waals surface area contributed by atoms with Crippen molar-refractivity contribution in [3.8, 4) is 0 Å². The molecule has 1 amide bonds. The van der Waals surface area contributed by atoms with Crippen molar-refractivity contribution < 1.29 is 14.6 Å². The SMILES string of the molecule is Cc1ccc(CC(=O)NCCCOCCO)cc1C. The number of hydrogen-bond acceptors (Lipinski definition) is 3. The summed E-state index contributed by atoms with van der Waals surface area (Å²) in [6.07, 6.45) is 1.18. The van der Waals surface area contributed by atoms with Crippen LogP contribution in [0.5, 0.6) is 0 Å². The molecule has 1 aromatic carbocycles. The Morgan fingerprint density at radius 1 is 1.26 bits per heavy atom. The van der Waals surface area contributed by atoms with E-state index in [1.165, 1.54) is 11.1 Å². The van der Waals surface area contributed by atoms with E-state index >= 15 is 0 Å². The molecular weight excluding hydrogens is 242 g/mol. The number of rotatable bonds is 8. The second-order valence-corrected chi connectivity index (χ2v) is 4.63. The van der Waals surface area contributed by atoms with Crippen LogP contribution in [0.3, 0.4) is 0 Å². The highest BCUT2D eigenvalue weighted by molar-refractivity contribution is 5.78. The number of hydrogen-bond donors (Lipinski definition) is 2. The summed E-state index contributed by atoms with van der Waals surface area (Å²) in [7, 11) is 0. The van der Waals surface area contributed by atoms with Crippen molar-refractivity contribution >= 4 is 5.91 Å². The summed E-state index contributed by atoms with van der Waals surface area (Å²) < 4.78 is 5.11. The van der Waals surface area contributed by atoms with E-state index in [9.17, 15) is 4.79 Å². The lowest BCUT2D eigenvalue weighted by Crippen LogP contribution is -2.27. The fraction of sp³-hybridized carbons (Fsp3) is 0.533. The van der Waals surface area contributed by atoms with Crippen molar-refractivity contribution in [3.63, 3.8) is 0 Å². The average Bonchev–Trinajstić information content (AvgIpc) is 2.38. The monoisotopic (exact) mass is 265 g/mol. The zero-order valence-corrected chi connectivity index (χ0v) is 11.7. The molecule has 1 aromatic rings. The molecule has 0 saturated carbocycles. The summed E-state index contributed by atoms with van der Waals surface area (Å²) in [4.78, 5) is 11.7. The lowest BCUT2D eigenvalue weighted by Gasteiger charge is -2.07. The van der Waals surface area contributed by atoms with Crippen LogP contribution in [0.2, 0.25) is 0 Å². The standard InChI is InChI=1S/C15H23NO3/c1-12-4-5-14(10-13(12)2)11-15(18)16-6-3-8-19-9-7-17/h4-5,10,17H,3,6-9,11H2,1-2H3,(H,16,18). The predicted molar refractivity (Wildman–Crippen MR) is 75.2 cm³/mol. The largest absolute Gasteiger partial charge is 0.394 e. The first-order chi connectivity index (χ1) is 9.13. The van der Waals surface area contributed by atoms with E-state index in [1.807, 2.05) is 12.1 Å². The summed E-state index contributed by atoms with van der Waals surface area (Å²) in [5, 5.41) is 11.4. The van der Waals surface area contributed by atoms with E-state index in [-0.39, 0.29) is 12.5 Å². The number of ether oxygens (including phenoxy) is 1. The molecule has 1 rings (SSSR count). The first kappa shape index (κ1) is 15.7. The summed E-state index contributed by atoms with van der Waals surface area (Å²) in [5.74, 6) is 0.0328. The first-order valence-corrected chi connectivity index (χ1v) is 6.65. The smallest absolute Gasteiger partial charge is 0.224 e. The molecule has 0 radical (unpaired) electrons. The van der Waals surface area contributed by atoms with Gasteiger partial charge in [0.05, 0.1) is 19.6 Å². The van der Waals surface area contributed by atoms with Crippen LogP contribution in [-0.4, -0.2) is 37.4 Å². The molecule has 19 heavy (non-hydrogen) atoms. The van der Waals surface area contributed by atoms with Gasteiger partial charge in [-0.3, -0.25) is 4.79 Å². The van der Waals surface area contributed by atoms with E-state index in [0.29, 0.717) is 26.2 Å². The molecule has 0 heterocycles. The van der Waals surface area contributed by atoms with Crippen LogP contribution in [0, 0.1) is 13.8 Å². The molecule has 106 valence electrons. The Kier molecular flexibility index (Phi) is 7.15. The number of aliphatic hydroxyl groups is 1. The van der Waals surface area contributed by atoms with E-state index in [0.717, 1.165) is 12.0 Å². The van der Waals surface area contributed by atoms with Crippen molar-refractivity contribution in [2.75, 3.05) is 26.4 Å². The van der Waals surface area contributed by atoms with Gasteiger partial charge in [0.25, 0.3) is 0 Å². The first-order valence-electron chi connectivity index (χ1n) is 6.65. The van der Waals surface area contributed by atoms with Gasteiger partial charge >= 0.3 is 0 Å². The number of benzene rings is 1. The minimum Gasteiger partial charge on any atom is -0.394 e. The second-order valence-electron chi connectivity index (χ2n) is 4.63. The number of aliphatic hydroxyl groups excluding tert-OH is 1. The minimum atomic E-state index is 0.0328. The molecule has 0 spiro atoms. The van der Waals surface area contributed by atoms with Crippen molar-refractivity contribution in [3.05, 3.63) is 34.9 Å². The Balaban J connectivity index is 2.21. The quantitative estimate of drug-likeness (QED) is 0.698. The molecule has 0 unspecified atom stereocenters. The highest BCUT2D eigenvalue weighted by atomic mass is 16.5. The maximum absolute atomic E-state index is 11.7. The number of aryl methyl sites for hydroxylation is 2. The molecule has 4 nitrogen and oxygen atoms in total. The third-order valence-corrected chi connectivity index (χ3v) is 2.96. The number of carbonyl (C=O) groups is 1. The molecule has 2 N–H and O–H groups in total. The van der Waals surface area contributed by atoms with Gasteiger partial charge in [0, 0.05) is 13.2 Å². The van der Waals surface area contributed by atoms with Crippen LogP contribution >= 0.6 is 0 Å². The van der Waals surface area contributed by atoms with Crippen LogP contribution < -0.4 is 5.32 Å². The van der Waals surface area contributed by atoms with Crippen LogP contribution in [0.4, 0.5) is 0 Å². The molecule has 0 saturated heterocycles. The van der Waals surface area contributed by atoms with Crippen LogP contribution in [-0.2, 0) is 16.0 Å². The van der Waals surface area contributed by atoms with Crippen LogP contribution in [0.1, 0.15) is 23.1 Å². The van der Waals surface area contributed by atoms with Gasteiger partial charge in [-0.15, -0.1) is 0 Å². The van der Waals surface area contributed by atoms with E-state index in [2.05, 4.69) is 25.2 Å². The fourth-order valence-electron chi connectivity index (χ4n) is 1.73. The average molecular weight is 265 g/mol. The summed E-state index contributed by atoms with van der Waals surface area (Å²) in [6.45, 7) is 5.68. The van der Waals surface area contributed by atoms with Crippen LogP contribution in [0.15, 0.2) is 18.2 Å². The zero-order valence-electron chi connectivity index (χ0n) is 11.7. The van der Waals surface area contributed by atoms with Crippen molar-refractivity contribution in [2.24, 2.45) is 0 Å². The van der Waals surface area contributed by atoms with Gasteiger partial charge in [-0.05, 0) is 37.0 Å².